The van der Waals surface area contributed by atoms with Crippen molar-refractivity contribution in [1.82, 2.24) is 9.80 Å². The first kappa shape index (κ1) is 33.6. The van der Waals surface area contributed by atoms with Crippen LogP contribution in [0, 0.1) is 5.92 Å². The summed E-state index contributed by atoms with van der Waals surface area (Å²) >= 11 is 0. The van der Waals surface area contributed by atoms with Gasteiger partial charge in [0.15, 0.2) is 0 Å². The van der Waals surface area contributed by atoms with Crippen molar-refractivity contribution < 1.29 is 28.6 Å². The number of benzene rings is 1. The number of hydrogen-bond donors (Lipinski definition) is 0. The Hall–Kier alpha value is -2.61. The number of piperidine rings is 1. The summed E-state index contributed by atoms with van der Waals surface area (Å²) in [6.45, 7) is 3.12. The number of rotatable bonds is 19. The molecule has 0 saturated carbocycles. The van der Waals surface area contributed by atoms with Crippen LogP contribution in [0.4, 0.5) is 4.79 Å². The number of nitrogens with zero attached hydrogens (tertiary/aromatic N) is 2. The third kappa shape index (κ3) is 14.1. The van der Waals surface area contributed by atoms with E-state index < -0.39 is 0 Å². The first-order chi connectivity index (χ1) is 19.4. The van der Waals surface area contributed by atoms with Gasteiger partial charge in [0.25, 0.3) is 0 Å². The van der Waals surface area contributed by atoms with E-state index in [4.69, 9.17) is 14.2 Å². The van der Waals surface area contributed by atoms with E-state index in [1.165, 1.54) is 14.2 Å². The van der Waals surface area contributed by atoms with E-state index >= 15 is 0 Å². The van der Waals surface area contributed by atoms with Crippen LogP contribution >= 0.6 is 0 Å². The summed E-state index contributed by atoms with van der Waals surface area (Å²) in [5.41, 5.74) is 0.989. The number of esters is 2. The van der Waals surface area contributed by atoms with Crippen LogP contribution in [0.2, 0.25) is 0 Å². The zero-order chi connectivity index (χ0) is 29.0. The molecule has 1 aliphatic heterocycles. The fourth-order valence-electron chi connectivity index (χ4n) is 5.36. The minimum Gasteiger partial charge on any atom is -0.469 e. The molecule has 1 aromatic carbocycles. The first-order valence-corrected chi connectivity index (χ1v) is 15.2. The van der Waals surface area contributed by atoms with Gasteiger partial charge in [-0.1, -0.05) is 68.9 Å². The number of hydrogen-bond acceptors (Lipinski definition) is 7. The lowest BCUT2D eigenvalue weighted by Crippen LogP contribution is -2.45. The van der Waals surface area contributed by atoms with Gasteiger partial charge in [-0.25, -0.2) is 4.79 Å². The van der Waals surface area contributed by atoms with Gasteiger partial charge >= 0.3 is 18.0 Å². The Morgan fingerprint density at radius 3 is 1.88 bits per heavy atom. The molecule has 0 atom stereocenters. The largest absolute Gasteiger partial charge is 0.469 e. The summed E-state index contributed by atoms with van der Waals surface area (Å²) in [4.78, 5) is 40.8. The summed E-state index contributed by atoms with van der Waals surface area (Å²) in [6, 6.07) is 9.96. The lowest BCUT2D eigenvalue weighted by atomic mass is 9.94. The van der Waals surface area contributed by atoms with Crippen LogP contribution < -0.4 is 0 Å². The molecule has 40 heavy (non-hydrogen) atoms. The van der Waals surface area contributed by atoms with Crippen molar-refractivity contribution >= 4 is 18.0 Å². The number of carbonyl (C=O) groups is 3. The van der Waals surface area contributed by atoms with Crippen LogP contribution in [0.5, 0.6) is 0 Å². The van der Waals surface area contributed by atoms with Crippen molar-refractivity contribution in [3.63, 3.8) is 0 Å². The Bertz CT molecular complexity index is 813. The molecule has 0 radical (unpaired) electrons. The van der Waals surface area contributed by atoms with Crippen LogP contribution in [0.25, 0.3) is 0 Å². The molecule has 1 saturated heterocycles. The van der Waals surface area contributed by atoms with E-state index in [-0.39, 0.29) is 30.7 Å². The lowest BCUT2D eigenvalue weighted by molar-refractivity contribution is -0.141. The number of methoxy groups -OCH3 is 2. The van der Waals surface area contributed by atoms with Crippen molar-refractivity contribution in [2.75, 3.05) is 40.9 Å². The molecule has 0 bridgehead atoms. The molecule has 0 unspecified atom stereocenters. The minimum atomic E-state index is -0.218. The average Bonchev–Trinajstić information content (AvgIpc) is 2.98. The maximum atomic E-state index is 13.6. The number of likely N-dealkylation sites (tertiary alicyclic amines) is 1. The van der Waals surface area contributed by atoms with Gasteiger partial charge in [0.05, 0.1) is 14.2 Å². The van der Waals surface area contributed by atoms with Crippen molar-refractivity contribution in [1.29, 1.82) is 0 Å². The molecular formula is C32H52N2O6. The van der Waals surface area contributed by atoms with Crippen LogP contribution in [0.1, 0.15) is 95.5 Å². The highest BCUT2D eigenvalue weighted by atomic mass is 16.6. The molecule has 1 heterocycles. The van der Waals surface area contributed by atoms with Gasteiger partial charge in [-0.2, -0.15) is 0 Å². The summed E-state index contributed by atoms with van der Waals surface area (Å²) < 4.78 is 15.4. The Kier molecular flexibility index (Phi) is 17.0. The molecular weight excluding hydrogens is 508 g/mol. The molecule has 0 spiro atoms. The van der Waals surface area contributed by atoms with E-state index in [1.54, 1.807) is 0 Å². The van der Waals surface area contributed by atoms with Crippen LogP contribution in [-0.4, -0.2) is 74.8 Å². The van der Waals surface area contributed by atoms with Gasteiger partial charge in [-0.05, 0) is 70.1 Å². The predicted molar refractivity (Wildman–Crippen MR) is 157 cm³/mol. The summed E-state index contributed by atoms with van der Waals surface area (Å²) in [6.07, 6.45) is 12.4. The molecule has 8 heteroatoms. The van der Waals surface area contributed by atoms with Gasteiger partial charge in [-0.15, -0.1) is 0 Å². The number of amides is 1. The van der Waals surface area contributed by atoms with Crippen molar-refractivity contribution in [2.24, 2.45) is 5.92 Å². The molecule has 1 fully saturated rings. The Morgan fingerprint density at radius 2 is 1.35 bits per heavy atom. The lowest BCUT2D eigenvalue weighted by Gasteiger charge is -2.37. The second kappa shape index (κ2) is 20.3. The number of ether oxygens (including phenoxy) is 3. The summed E-state index contributed by atoms with van der Waals surface area (Å²) in [5.74, 6) is 0.161. The SMILES string of the molecule is COC(=O)CCCCCCC(CCCCCCC(=O)OC)N(CC1CCN(C)CC1)C(=O)OCc1ccccc1. The molecule has 1 aromatic rings. The standard InChI is InChI=1S/C32H52N2O6/c1-33-23-21-27(22-24-33)25-34(32(37)40-26-28-15-9-8-10-16-28)29(17-11-4-6-13-19-30(35)38-2)18-12-5-7-14-20-31(36)39-3/h8-10,15-16,27,29H,4-7,11-14,17-26H2,1-3H3. The third-order valence-electron chi connectivity index (χ3n) is 7.97. The molecule has 1 amide bonds. The molecule has 0 aliphatic carbocycles. The van der Waals surface area contributed by atoms with Crippen LogP contribution in [0.3, 0.4) is 0 Å². The van der Waals surface area contributed by atoms with Crippen molar-refractivity contribution in [2.45, 2.75) is 103 Å². The first-order valence-electron chi connectivity index (χ1n) is 15.2. The summed E-state index contributed by atoms with van der Waals surface area (Å²) in [5, 5.41) is 0. The molecule has 8 nitrogen and oxygen atoms in total. The fraction of sp³-hybridized carbons (Fsp3) is 0.719. The Balaban J connectivity index is 2.01. The fourth-order valence-corrected chi connectivity index (χ4v) is 5.36. The van der Waals surface area contributed by atoms with Gasteiger partial charge in [0, 0.05) is 25.4 Å². The molecule has 226 valence electrons. The Labute approximate surface area is 241 Å². The van der Waals surface area contributed by atoms with Crippen molar-refractivity contribution in [3.8, 4) is 0 Å². The zero-order valence-electron chi connectivity index (χ0n) is 25.1. The quantitative estimate of drug-likeness (QED) is 0.111. The highest BCUT2D eigenvalue weighted by Gasteiger charge is 2.29. The maximum Gasteiger partial charge on any atom is 0.410 e. The normalized spacial score (nSPS) is 14.2. The van der Waals surface area contributed by atoms with Gasteiger partial charge in [-0.3, -0.25) is 9.59 Å². The molecule has 2 rings (SSSR count). The van der Waals surface area contributed by atoms with E-state index in [2.05, 4.69) is 11.9 Å². The summed E-state index contributed by atoms with van der Waals surface area (Å²) in [7, 11) is 5.02. The minimum absolute atomic E-state index is 0.115. The van der Waals surface area contributed by atoms with Crippen LogP contribution in [-0.2, 0) is 30.4 Å². The monoisotopic (exact) mass is 560 g/mol. The topological polar surface area (TPSA) is 85.4 Å². The number of unbranched alkanes of at least 4 members (excludes halogenated alkanes) is 6. The highest BCUT2D eigenvalue weighted by molar-refractivity contribution is 5.69. The third-order valence-corrected chi connectivity index (χ3v) is 7.97. The van der Waals surface area contributed by atoms with Gasteiger partial charge < -0.3 is 24.0 Å². The van der Waals surface area contributed by atoms with Crippen molar-refractivity contribution in [3.05, 3.63) is 35.9 Å². The van der Waals surface area contributed by atoms with Gasteiger partial charge in [0.1, 0.15) is 6.61 Å². The molecule has 0 N–H and O–H groups in total. The smallest absolute Gasteiger partial charge is 0.410 e. The van der Waals surface area contributed by atoms with Crippen LogP contribution in [0.15, 0.2) is 30.3 Å². The molecule has 0 aromatic heterocycles. The second-order valence-electron chi connectivity index (χ2n) is 11.2. The van der Waals surface area contributed by atoms with E-state index in [1.807, 2.05) is 35.2 Å². The Morgan fingerprint density at radius 1 is 0.825 bits per heavy atom. The average molecular weight is 561 g/mol. The molecule has 1 aliphatic rings. The maximum absolute atomic E-state index is 13.6. The van der Waals surface area contributed by atoms with E-state index in [9.17, 15) is 14.4 Å². The van der Waals surface area contributed by atoms with Gasteiger partial charge in [0.2, 0.25) is 0 Å². The second-order valence-corrected chi connectivity index (χ2v) is 11.2. The zero-order valence-corrected chi connectivity index (χ0v) is 25.1. The van der Waals surface area contributed by atoms with E-state index in [0.717, 1.165) is 102 Å². The highest BCUT2D eigenvalue weighted by Crippen LogP contribution is 2.25. The number of carbonyl (C=O) groups excluding carboxylic acids is 3. The van der Waals surface area contributed by atoms with E-state index in [0.29, 0.717) is 18.8 Å². The predicted octanol–water partition coefficient (Wildman–Crippen LogP) is 6.36.